The molecule has 1 fully saturated rings. The summed E-state index contributed by atoms with van der Waals surface area (Å²) < 4.78 is 0. The fourth-order valence-electron chi connectivity index (χ4n) is 5.30. The Kier molecular flexibility index (Phi) is 5.40. The van der Waals surface area contributed by atoms with Gasteiger partial charge in [-0.1, -0.05) is 37.0 Å². The van der Waals surface area contributed by atoms with Gasteiger partial charge in [0.1, 0.15) is 0 Å². The minimum absolute atomic E-state index is 0.0326. The summed E-state index contributed by atoms with van der Waals surface area (Å²) in [6.45, 7) is 9.07. The molecule has 2 aliphatic carbocycles. The Hall–Kier alpha value is -1.09. The van der Waals surface area contributed by atoms with Gasteiger partial charge in [-0.3, -0.25) is 0 Å². The van der Waals surface area contributed by atoms with E-state index in [-0.39, 0.29) is 17.4 Å². The number of aliphatic hydroxyl groups is 1. The first-order valence-corrected chi connectivity index (χ1v) is 8.93. The Morgan fingerprint density at radius 2 is 2.04 bits per heavy atom. The number of aliphatic carboxylic acids is 1. The zero-order valence-corrected chi connectivity index (χ0v) is 15.1. The molecule has 3 heteroatoms. The van der Waals surface area contributed by atoms with E-state index in [0.717, 1.165) is 31.3 Å². The van der Waals surface area contributed by atoms with Gasteiger partial charge in [0.05, 0.1) is 0 Å². The summed E-state index contributed by atoms with van der Waals surface area (Å²) in [5, 5.41) is 18.9. The van der Waals surface area contributed by atoms with Gasteiger partial charge in [0.25, 0.3) is 0 Å². The van der Waals surface area contributed by atoms with Crippen molar-refractivity contribution in [2.24, 2.45) is 16.7 Å². The molecule has 2 N–H and O–H groups in total. The quantitative estimate of drug-likeness (QED) is 0.569. The van der Waals surface area contributed by atoms with Gasteiger partial charge in [-0.25, -0.2) is 4.79 Å². The number of carboxylic acid groups (broad SMARTS) is 1. The molecule has 23 heavy (non-hydrogen) atoms. The first-order chi connectivity index (χ1) is 10.7. The Morgan fingerprint density at radius 1 is 1.35 bits per heavy atom. The Morgan fingerprint density at radius 3 is 2.65 bits per heavy atom. The highest BCUT2D eigenvalue weighted by molar-refractivity contribution is 5.80. The molecule has 0 bridgehead atoms. The molecular weight excluding hydrogens is 288 g/mol. The lowest BCUT2D eigenvalue weighted by Crippen LogP contribution is -2.48. The van der Waals surface area contributed by atoms with E-state index in [1.165, 1.54) is 36.5 Å². The molecule has 0 heterocycles. The number of fused-ring (bicyclic) bond motifs is 1. The van der Waals surface area contributed by atoms with Crippen LogP contribution in [0.5, 0.6) is 0 Å². The zero-order valence-electron chi connectivity index (χ0n) is 15.1. The maximum absolute atomic E-state index is 10.8. The van der Waals surface area contributed by atoms with Crippen LogP contribution in [-0.4, -0.2) is 22.8 Å². The largest absolute Gasteiger partial charge is 0.478 e. The third-order valence-electron chi connectivity index (χ3n) is 6.57. The van der Waals surface area contributed by atoms with Gasteiger partial charge in [0.15, 0.2) is 0 Å². The highest BCUT2D eigenvalue weighted by Crippen LogP contribution is 2.60. The summed E-state index contributed by atoms with van der Waals surface area (Å²) >= 11 is 0. The third-order valence-corrected chi connectivity index (χ3v) is 6.57. The van der Waals surface area contributed by atoms with Crippen LogP contribution in [0.3, 0.4) is 0 Å². The zero-order chi connectivity index (χ0) is 17.3. The summed E-state index contributed by atoms with van der Waals surface area (Å²) in [6.07, 6.45) is 8.88. The van der Waals surface area contributed by atoms with Crippen molar-refractivity contribution in [1.29, 1.82) is 0 Å². The standard InChI is InChI=1S/C20H32O3/c1-14(12-18(22)23)6-8-16-15(2)7-9-17-19(3,13-21)10-5-11-20(16,17)4/h12,17,21H,5-11,13H2,1-4H3,(H,22,23). The van der Waals surface area contributed by atoms with Crippen LogP contribution in [-0.2, 0) is 4.79 Å². The van der Waals surface area contributed by atoms with E-state index in [2.05, 4.69) is 20.8 Å². The molecule has 3 atom stereocenters. The first kappa shape index (κ1) is 18.3. The maximum atomic E-state index is 10.8. The van der Waals surface area contributed by atoms with E-state index in [1.54, 1.807) is 0 Å². The predicted octanol–water partition coefficient (Wildman–Crippen LogP) is 4.71. The summed E-state index contributed by atoms with van der Waals surface area (Å²) in [4.78, 5) is 10.8. The molecule has 0 aromatic carbocycles. The number of allylic oxidation sites excluding steroid dienone is 3. The van der Waals surface area contributed by atoms with Crippen molar-refractivity contribution in [3.8, 4) is 0 Å². The number of carbonyl (C=O) groups is 1. The lowest BCUT2D eigenvalue weighted by Gasteiger charge is -2.56. The lowest BCUT2D eigenvalue weighted by molar-refractivity contribution is -0.131. The second-order valence-electron chi connectivity index (χ2n) is 8.26. The molecule has 0 radical (unpaired) electrons. The molecule has 130 valence electrons. The number of hydrogen-bond donors (Lipinski definition) is 2. The highest BCUT2D eigenvalue weighted by atomic mass is 16.4. The van der Waals surface area contributed by atoms with Crippen LogP contribution >= 0.6 is 0 Å². The van der Waals surface area contributed by atoms with Gasteiger partial charge < -0.3 is 10.2 Å². The van der Waals surface area contributed by atoms with E-state index in [4.69, 9.17) is 5.11 Å². The van der Waals surface area contributed by atoms with Gasteiger partial charge in [-0.05, 0) is 69.1 Å². The van der Waals surface area contributed by atoms with E-state index in [1.807, 2.05) is 6.92 Å². The van der Waals surface area contributed by atoms with Crippen LogP contribution in [0.25, 0.3) is 0 Å². The smallest absolute Gasteiger partial charge is 0.328 e. The molecule has 0 aromatic heterocycles. The Bertz CT molecular complexity index is 531. The summed E-state index contributed by atoms with van der Waals surface area (Å²) in [5.41, 5.74) is 4.16. The minimum Gasteiger partial charge on any atom is -0.478 e. The van der Waals surface area contributed by atoms with Crippen LogP contribution in [0.4, 0.5) is 0 Å². The van der Waals surface area contributed by atoms with E-state index >= 15 is 0 Å². The first-order valence-electron chi connectivity index (χ1n) is 8.93. The second kappa shape index (κ2) is 6.80. The monoisotopic (exact) mass is 320 g/mol. The maximum Gasteiger partial charge on any atom is 0.328 e. The van der Waals surface area contributed by atoms with Gasteiger partial charge in [0, 0.05) is 12.7 Å². The van der Waals surface area contributed by atoms with Crippen LogP contribution in [0, 0.1) is 16.7 Å². The molecule has 0 aliphatic heterocycles. The molecule has 1 saturated carbocycles. The van der Waals surface area contributed by atoms with Crippen molar-refractivity contribution >= 4 is 5.97 Å². The van der Waals surface area contributed by atoms with E-state index in [0.29, 0.717) is 5.92 Å². The summed E-state index contributed by atoms with van der Waals surface area (Å²) in [6, 6.07) is 0. The molecule has 0 spiro atoms. The SMILES string of the molecule is CC(=CC(=O)O)CCC1=C(C)CCC2C(C)(CO)CCCC12C. The van der Waals surface area contributed by atoms with Crippen molar-refractivity contribution in [1.82, 2.24) is 0 Å². The predicted molar refractivity (Wildman–Crippen MR) is 93.2 cm³/mol. The third kappa shape index (κ3) is 3.55. The number of rotatable bonds is 5. The summed E-state index contributed by atoms with van der Waals surface area (Å²) in [7, 11) is 0. The van der Waals surface area contributed by atoms with Crippen molar-refractivity contribution in [2.75, 3.05) is 6.61 Å². The van der Waals surface area contributed by atoms with Crippen molar-refractivity contribution in [3.05, 3.63) is 22.8 Å². The topological polar surface area (TPSA) is 57.5 Å². The number of hydrogen-bond acceptors (Lipinski definition) is 2. The van der Waals surface area contributed by atoms with Crippen LogP contribution in [0.15, 0.2) is 22.8 Å². The van der Waals surface area contributed by atoms with Crippen LogP contribution in [0.2, 0.25) is 0 Å². The molecule has 2 aliphatic rings. The summed E-state index contributed by atoms with van der Waals surface area (Å²) in [5.74, 6) is -0.317. The fourth-order valence-corrected chi connectivity index (χ4v) is 5.30. The molecule has 0 saturated heterocycles. The van der Waals surface area contributed by atoms with Gasteiger partial charge in [-0.15, -0.1) is 0 Å². The molecule has 2 rings (SSSR count). The normalized spacial score (nSPS) is 35.2. The fraction of sp³-hybridized carbons (Fsp3) is 0.750. The average molecular weight is 320 g/mol. The Balaban J connectivity index is 2.25. The molecule has 0 amide bonds. The van der Waals surface area contributed by atoms with E-state index < -0.39 is 5.97 Å². The average Bonchev–Trinajstić information content (AvgIpc) is 2.45. The van der Waals surface area contributed by atoms with Crippen LogP contribution < -0.4 is 0 Å². The minimum atomic E-state index is -0.855. The molecular formula is C20H32O3. The van der Waals surface area contributed by atoms with Gasteiger partial charge >= 0.3 is 5.97 Å². The van der Waals surface area contributed by atoms with Crippen molar-refractivity contribution < 1.29 is 15.0 Å². The number of carboxylic acids is 1. The van der Waals surface area contributed by atoms with Crippen molar-refractivity contribution in [2.45, 2.75) is 72.6 Å². The molecule has 0 aromatic rings. The van der Waals surface area contributed by atoms with Crippen LogP contribution in [0.1, 0.15) is 72.6 Å². The van der Waals surface area contributed by atoms with E-state index in [9.17, 15) is 9.90 Å². The molecule has 3 nitrogen and oxygen atoms in total. The molecule has 3 unspecified atom stereocenters. The lowest BCUT2D eigenvalue weighted by atomic mass is 9.49. The second-order valence-corrected chi connectivity index (χ2v) is 8.26. The van der Waals surface area contributed by atoms with Crippen molar-refractivity contribution in [3.63, 3.8) is 0 Å². The van der Waals surface area contributed by atoms with Gasteiger partial charge in [-0.2, -0.15) is 0 Å². The van der Waals surface area contributed by atoms with Gasteiger partial charge in [0.2, 0.25) is 0 Å². The highest BCUT2D eigenvalue weighted by Gasteiger charge is 2.51. The Labute approximate surface area is 140 Å². The number of aliphatic hydroxyl groups excluding tert-OH is 1.